The summed E-state index contributed by atoms with van der Waals surface area (Å²) >= 11 is 0. The summed E-state index contributed by atoms with van der Waals surface area (Å²) in [6.45, 7) is 5.91. The summed E-state index contributed by atoms with van der Waals surface area (Å²) in [5.74, 6) is 1.73. The van der Waals surface area contributed by atoms with E-state index >= 15 is 0 Å². The minimum absolute atomic E-state index is 0.107. The second kappa shape index (κ2) is 9.16. The molecule has 0 saturated carbocycles. The highest BCUT2D eigenvalue weighted by atomic mass is 16.5. The number of nitrogens with zero attached hydrogens (tertiary/aromatic N) is 2. The normalized spacial score (nSPS) is 14.0. The first-order valence-electron chi connectivity index (χ1n) is 9.33. The Labute approximate surface area is 160 Å². The van der Waals surface area contributed by atoms with E-state index < -0.39 is 0 Å². The van der Waals surface area contributed by atoms with Crippen molar-refractivity contribution in [1.29, 1.82) is 0 Å². The number of anilines is 2. The van der Waals surface area contributed by atoms with E-state index in [0.29, 0.717) is 6.61 Å². The fourth-order valence-electron chi connectivity index (χ4n) is 3.18. The van der Waals surface area contributed by atoms with Gasteiger partial charge in [-0.3, -0.25) is 4.79 Å². The molecule has 0 aromatic heterocycles. The molecule has 0 bridgehead atoms. The molecule has 0 spiro atoms. The van der Waals surface area contributed by atoms with Gasteiger partial charge in [0.25, 0.3) is 0 Å². The van der Waals surface area contributed by atoms with Gasteiger partial charge in [-0.1, -0.05) is 12.1 Å². The number of ether oxygens (including phenoxy) is 2. The molecular weight excluding hydrogens is 342 g/mol. The lowest BCUT2D eigenvalue weighted by Gasteiger charge is -2.36. The SMILES string of the molecule is CCOc1ccccc1NCC(=O)N1CCN(c2ccc(OC)cc2)CC1. The molecule has 1 N–H and O–H groups in total. The Hall–Kier alpha value is -2.89. The lowest BCUT2D eigenvalue weighted by Crippen LogP contribution is -2.50. The number of carbonyl (C=O) groups excluding carboxylic acids is 1. The molecule has 3 rings (SSSR count). The summed E-state index contributed by atoms with van der Waals surface area (Å²) in [4.78, 5) is 16.8. The number of para-hydroxylation sites is 2. The Bertz CT molecular complexity index is 741. The maximum atomic E-state index is 12.6. The molecule has 0 atom stereocenters. The van der Waals surface area contributed by atoms with Gasteiger partial charge in [-0.05, 0) is 43.3 Å². The summed E-state index contributed by atoms with van der Waals surface area (Å²) < 4.78 is 10.8. The van der Waals surface area contributed by atoms with Crippen molar-refractivity contribution in [3.8, 4) is 11.5 Å². The first-order chi connectivity index (χ1) is 13.2. The molecule has 2 aromatic carbocycles. The van der Waals surface area contributed by atoms with E-state index in [4.69, 9.17) is 9.47 Å². The zero-order valence-corrected chi connectivity index (χ0v) is 16.0. The van der Waals surface area contributed by atoms with Crippen molar-refractivity contribution in [1.82, 2.24) is 4.90 Å². The van der Waals surface area contributed by atoms with Crippen molar-refractivity contribution in [3.63, 3.8) is 0 Å². The molecule has 1 heterocycles. The van der Waals surface area contributed by atoms with Gasteiger partial charge in [0.15, 0.2) is 0 Å². The van der Waals surface area contributed by atoms with Gasteiger partial charge >= 0.3 is 0 Å². The molecule has 0 unspecified atom stereocenters. The standard InChI is InChI=1S/C21H27N3O3/c1-3-27-20-7-5-4-6-19(20)22-16-21(25)24-14-12-23(13-15-24)17-8-10-18(26-2)11-9-17/h4-11,22H,3,12-16H2,1-2H3. The van der Waals surface area contributed by atoms with Crippen LogP contribution in [0.4, 0.5) is 11.4 Å². The van der Waals surface area contributed by atoms with Crippen LogP contribution in [0, 0.1) is 0 Å². The smallest absolute Gasteiger partial charge is 0.241 e. The third-order valence-electron chi connectivity index (χ3n) is 4.69. The zero-order valence-electron chi connectivity index (χ0n) is 16.0. The molecular formula is C21H27N3O3. The first kappa shape index (κ1) is 18.9. The highest BCUT2D eigenvalue weighted by Gasteiger charge is 2.21. The number of amides is 1. The molecule has 6 heteroatoms. The first-order valence-corrected chi connectivity index (χ1v) is 9.33. The summed E-state index contributed by atoms with van der Waals surface area (Å²) in [6.07, 6.45) is 0. The quantitative estimate of drug-likeness (QED) is 0.813. The van der Waals surface area contributed by atoms with Crippen LogP contribution in [-0.2, 0) is 4.79 Å². The number of benzene rings is 2. The van der Waals surface area contributed by atoms with Gasteiger partial charge in [0, 0.05) is 31.9 Å². The molecule has 0 radical (unpaired) electrons. The Kier molecular flexibility index (Phi) is 6.41. The molecule has 2 aromatic rings. The molecule has 1 amide bonds. The van der Waals surface area contributed by atoms with Crippen LogP contribution in [-0.4, -0.2) is 57.2 Å². The Morgan fingerprint density at radius 2 is 1.74 bits per heavy atom. The Balaban J connectivity index is 1.50. The predicted molar refractivity (Wildman–Crippen MR) is 108 cm³/mol. The number of hydrogen-bond acceptors (Lipinski definition) is 5. The van der Waals surface area contributed by atoms with Crippen LogP contribution >= 0.6 is 0 Å². The fraction of sp³-hybridized carbons (Fsp3) is 0.381. The second-order valence-corrected chi connectivity index (χ2v) is 6.35. The summed E-state index contributed by atoms with van der Waals surface area (Å²) in [5.41, 5.74) is 2.01. The summed E-state index contributed by atoms with van der Waals surface area (Å²) in [7, 11) is 1.67. The van der Waals surface area contributed by atoms with Crippen molar-refractivity contribution in [2.24, 2.45) is 0 Å². The molecule has 0 aliphatic carbocycles. The third kappa shape index (κ3) is 4.84. The van der Waals surface area contributed by atoms with Gasteiger partial charge in [-0.25, -0.2) is 0 Å². The van der Waals surface area contributed by atoms with Crippen LogP contribution in [0.3, 0.4) is 0 Å². The number of methoxy groups -OCH3 is 1. The van der Waals surface area contributed by atoms with E-state index in [2.05, 4.69) is 22.3 Å². The number of piperazine rings is 1. The molecule has 1 fully saturated rings. The minimum atomic E-state index is 0.107. The lowest BCUT2D eigenvalue weighted by molar-refractivity contribution is -0.129. The molecule has 144 valence electrons. The largest absolute Gasteiger partial charge is 0.497 e. The van der Waals surface area contributed by atoms with Crippen molar-refractivity contribution in [2.45, 2.75) is 6.92 Å². The van der Waals surface area contributed by atoms with Gasteiger partial charge in [-0.2, -0.15) is 0 Å². The highest BCUT2D eigenvalue weighted by Crippen LogP contribution is 2.24. The molecule has 1 aliphatic rings. The van der Waals surface area contributed by atoms with Crippen LogP contribution in [0.15, 0.2) is 48.5 Å². The maximum Gasteiger partial charge on any atom is 0.241 e. The number of hydrogen-bond donors (Lipinski definition) is 1. The predicted octanol–water partition coefficient (Wildman–Crippen LogP) is 2.85. The van der Waals surface area contributed by atoms with E-state index in [-0.39, 0.29) is 12.5 Å². The van der Waals surface area contributed by atoms with Gasteiger partial charge in [0.2, 0.25) is 5.91 Å². The Morgan fingerprint density at radius 1 is 1.04 bits per heavy atom. The minimum Gasteiger partial charge on any atom is -0.497 e. The molecule has 1 aliphatic heterocycles. The highest BCUT2D eigenvalue weighted by molar-refractivity contribution is 5.81. The monoisotopic (exact) mass is 369 g/mol. The van der Waals surface area contributed by atoms with Crippen LogP contribution in [0.5, 0.6) is 11.5 Å². The van der Waals surface area contributed by atoms with E-state index in [9.17, 15) is 4.79 Å². The fourth-order valence-corrected chi connectivity index (χ4v) is 3.18. The zero-order chi connectivity index (χ0) is 19.1. The lowest BCUT2D eigenvalue weighted by atomic mass is 10.2. The number of rotatable bonds is 7. The maximum absolute atomic E-state index is 12.6. The molecule has 27 heavy (non-hydrogen) atoms. The third-order valence-corrected chi connectivity index (χ3v) is 4.69. The molecule has 1 saturated heterocycles. The van der Waals surface area contributed by atoms with Crippen molar-refractivity contribution in [3.05, 3.63) is 48.5 Å². The summed E-state index contributed by atoms with van der Waals surface area (Å²) in [6, 6.07) is 15.7. The van der Waals surface area contributed by atoms with Crippen LogP contribution in [0.1, 0.15) is 6.92 Å². The Morgan fingerprint density at radius 3 is 2.41 bits per heavy atom. The number of carbonyl (C=O) groups is 1. The van der Waals surface area contributed by atoms with Crippen molar-refractivity contribution >= 4 is 17.3 Å². The topological polar surface area (TPSA) is 54.0 Å². The van der Waals surface area contributed by atoms with E-state index in [1.165, 1.54) is 0 Å². The van der Waals surface area contributed by atoms with Crippen LogP contribution < -0.4 is 19.7 Å². The van der Waals surface area contributed by atoms with Gasteiger partial charge in [0.05, 0.1) is 25.9 Å². The van der Waals surface area contributed by atoms with Crippen molar-refractivity contribution in [2.75, 3.05) is 56.7 Å². The average molecular weight is 369 g/mol. The van der Waals surface area contributed by atoms with E-state index in [1.54, 1.807) is 7.11 Å². The summed E-state index contributed by atoms with van der Waals surface area (Å²) in [5, 5.41) is 3.21. The second-order valence-electron chi connectivity index (χ2n) is 6.35. The van der Waals surface area contributed by atoms with E-state index in [0.717, 1.165) is 49.1 Å². The van der Waals surface area contributed by atoms with Crippen molar-refractivity contribution < 1.29 is 14.3 Å². The molecule has 6 nitrogen and oxygen atoms in total. The van der Waals surface area contributed by atoms with Crippen LogP contribution in [0.2, 0.25) is 0 Å². The average Bonchev–Trinajstić information content (AvgIpc) is 2.73. The van der Waals surface area contributed by atoms with Gasteiger partial charge in [-0.15, -0.1) is 0 Å². The number of nitrogens with one attached hydrogen (secondary N) is 1. The van der Waals surface area contributed by atoms with Gasteiger partial charge in [0.1, 0.15) is 11.5 Å². The van der Waals surface area contributed by atoms with Crippen LogP contribution in [0.25, 0.3) is 0 Å². The van der Waals surface area contributed by atoms with Gasteiger partial charge < -0.3 is 24.6 Å². The van der Waals surface area contributed by atoms with E-state index in [1.807, 2.05) is 48.2 Å².